The molecule has 0 aromatic heterocycles. The van der Waals surface area contributed by atoms with Gasteiger partial charge in [0.1, 0.15) is 5.78 Å². The number of ketones is 1. The van der Waals surface area contributed by atoms with Gasteiger partial charge in [0.2, 0.25) is 0 Å². The second-order valence-electron chi connectivity index (χ2n) is 3.89. The van der Waals surface area contributed by atoms with Gasteiger partial charge < -0.3 is 0 Å². The van der Waals surface area contributed by atoms with Crippen LogP contribution in [0.15, 0.2) is 24.3 Å². The highest BCUT2D eigenvalue weighted by atomic mass is 35.5. The first-order valence-corrected chi connectivity index (χ1v) is 5.40. The normalized spacial score (nSPS) is 22.4. The maximum absolute atomic E-state index is 11.3. The van der Waals surface area contributed by atoms with Gasteiger partial charge in [-0.1, -0.05) is 23.7 Å². The molecular formula is C12H13ClO. The monoisotopic (exact) mass is 208 g/mol. The van der Waals surface area contributed by atoms with Crippen LogP contribution in [0, 0.1) is 0 Å². The predicted molar refractivity (Wildman–Crippen MR) is 57.7 cm³/mol. The maximum Gasteiger partial charge on any atom is 0.133 e. The summed E-state index contributed by atoms with van der Waals surface area (Å²) in [4.78, 5) is 11.3. The quantitative estimate of drug-likeness (QED) is 0.690. The lowest BCUT2D eigenvalue weighted by Gasteiger charge is -2.21. The van der Waals surface area contributed by atoms with Crippen molar-refractivity contribution in [1.29, 1.82) is 0 Å². The van der Waals surface area contributed by atoms with Gasteiger partial charge in [-0.15, -0.1) is 0 Å². The molecule has 2 rings (SSSR count). The molecule has 0 aliphatic heterocycles. The van der Waals surface area contributed by atoms with Gasteiger partial charge in [0, 0.05) is 17.9 Å². The van der Waals surface area contributed by atoms with Gasteiger partial charge in [-0.05, 0) is 36.5 Å². The Morgan fingerprint density at radius 1 is 1.36 bits per heavy atom. The molecule has 1 aliphatic rings. The molecule has 1 atom stereocenters. The van der Waals surface area contributed by atoms with Gasteiger partial charge in [-0.2, -0.15) is 0 Å². The average Bonchev–Trinajstić information content (AvgIpc) is 2.18. The molecule has 1 aromatic carbocycles. The summed E-state index contributed by atoms with van der Waals surface area (Å²) in [6.07, 6.45) is 3.60. The first-order valence-electron chi connectivity index (χ1n) is 5.03. The van der Waals surface area contributed by atoms with E-state index in [0.717, 1.165) is 24.3 Å². The van der Waals surface area contributed by atoms with Gasteiger partial charge >= 0.3 is 0 Å². The van der Waals surface area contributed by atoms with Crippen molar-refractivity contribution in [3.05, 3.63) is 34.9 Å². The maximum atomic E-state index is 11.3. The third-order valence-corrected chi connectivity index (χ3v) is 3.04. The molecule has 0 unspecified atom stereocenters. The molecule has 1 fully saturated rings. The van der Waals surface area contributed by atoms with Crippen molar-refractivity contribution < 1.29 is 4.79 Å². The molecule has 1 nitrogen and oxygen atoms in total. The van der Waals surface area contributed by atoms with E-state index in [2.05, 4.69) is 6.07 Å². The molecule has 0 saturated heterocycles. The summed E-state index contributed by atoms with van der Waals surface area (Å²) in [5.74, 6) is 0.788. The van der Waals surface area contributed by atoms with Crippen LogP contribution in [0.2, 0.25) is 5.02 Å². The number of hydrogen-bond acceptors (Lipinski definition) is 1. The SMILES string of the molecule is O=C1CCC[C@H](c2cccc(Cl)c2)C1. The van der Waals surface area contributed by atoms with E-state index in [1.807, 2.05) is 18.2 Å². The van der Waals surface area contributed by atoms with E-state index in [0.29, 0.717) is 18.1 Å². The van der Waals surface area contributed by atoms with Crippen molar-refractivity contribution >= 4 is 17.4 Å². The highest BCUT2D eigenvalue weighted by Gasteiger charge is 2.20. The molecule has 0 radical (unpaired) electrons. The van der Waals surface area contributed by atoms with Crippen LogP contribution >= 0.6 is 11.6 Å². The summed E-state index contributed by atoms with van der Waals surface area (Å²) >= 11 is 5.92. The Bertz CT molecular complexity index is 346. The highest BCUT2D eigenvalue weighted by molar-refractivity contribution is 6.30. The van der Waals surface area contributed by atoms with E-state index < -0.39 is 0 Å². The summed E-state index contributed by atoms with van der Waals surface area (Å²) in [6.45, 7) is 0. The molecule has 0 amide bonds. The molecule has 14 heavy (non-hydrogen) atoms. The summed E-state index contributed by atoms with van der Waals surface area (Å²) in [6, 6.07) is 7.87. The lowest BCUT2D eigenvalue weighted by Crippen LogP contribution is -2.13. The van der Waals surface area contributed by atoms with Crippen LogP contribution in [0.3, 0.4) is 0 Å². The number of benzene rings is 1. The molecule has 0 N–H and O–H groups in total. The molecule has 1 aromatic rings. The molecule has 1 saturated carbocycles. The Hall–Kier alpha value is -0.820. The molecule has 0 heterocycles. The van der Waals surface area contributed by atoms with Crippen molar-refractivity contribution in [2.75, 3.05) is 0 Å². The van der Waals surface area contributed by atoms with Gasteiger partial charge in [-0.3, -0.25) is 4.79 Å². The molecule has 0 bridgehead atoms. The fourth-order valence-corrected chi connectivity index (χ4v) is 2.27. The topological polar surface area (TPSA) is 17.1 Å². The Kier molecular flexibility index (Phi) is 2.87. The van der Waals surface area contributed by atoms with Gasteiger partial charge in [-0.25, -0.2) is 0 Å². The number of rotatable bonds is 1. The summed E-state index contributed by atoms with van der Waals surface area (Å²) < 4.78 is 0. The largest absolute Gasteiger partial charge is 0.300 e. The summed E-state index contributed by atoms with van der Waals surface area (Å²) in [7, 11) is 0. The van der Waals surface area contributed by atoms with Gasteiger partial charge in [0.25, 0.3) is 0 Å². The zero-order valence-electron chi connectivity index (χ0n) is 8.00. The number of halogens is 1. The molecular weight excluding hydrogens is 196 g/mol. The predicted octanol–water partition coefficient (Wildman–Crippen LogP) is 3.57. The fourth-order valence-electron chi connectivity index (χ4n) is 2.07. The van der Waals surface area contributed by atoms with Crippen molar-refractivity contribution in [2.45, 2.75) is 31.6 Å². The Morgan fingerprint density at radius 3 is 2.93 bits per heavy atom. The number of Topliss-reactive ketones (excluding diaryl/α,β-unsaturated/α-hetero) is 1. The second kappa shape index (κ2) is 4.14. The van der Waals surface area contributed by atoms with Crippen LogP contribution in [0.5, 0.6) is 0 Å². The first-order chi connectivity index (χ1) is 6.75. The smallest absolute Gasteiger partial charge is 0.133 e. The second-order valence-corrected chi connectivity index (χ2v) is 4.32. The molecule has 1 aliphatic carbocycles. The average molecular weight is 209 g/mol. The zero-order valence-corrected chi connectivity index (χ0v) is 8.76. The Labute approximate surface area is 89.1 Å². The van der Waals surface area contributed by atoms with Gasteiger partial charge in [0.05, 0.1) is 0 Å². The third-order valence-electron chi connectivity index (χ3n) is 2.80. The van der Waals surface area contributed by atoms with Crippen LogP contribution in [0.25, 0.3) is 0 Å². The molecule has 74 valence electrons. The minimum absolute atomic E-state index is 0.390. The van der Waals surface area contributed by atoms with Crippen LogP contribution < -0.4 is 0 Å². The lowest BCUT2D eigenvalue weighted by atomic mass is 9.83. The molecule has 2 heteroatoms. The fraction of sp³-hybridized carbons (Fsp3) is 0.417. The van der Waals surface area contributed by atoms with E-state index in [9.17, 15) is 4.79 Å². The van der Waals surface area contributed by atoms with E-state index in [1.165, 1.54) is 5.56 Å². The first kappa shape index (κ1) is 9.72. The van der Waals surface area contributed by atoms with Crippen molar-refractivity contribution in [1.82, 2.24) is 0 Å². The lowest BCUT2D eigenvalue weighted by molar-refractivity contribution is -0.120. The van der Waals surface area contributed by atoms with E-state index in [1.54, 1.807) is 0 Å². The Balaban J connectivity index is 2.17. The highest BCUT2D eigenvalue weighted by Crippen LogP contribution is 2.31. The zero-order chi connectivity index (χ0) is 9.97. The van der Waals surface area contributed by atoms with Crippen molar-refractivity contribution in [3.63, 3.8) is 0 Å². The Morgan fingerprint density at radius 2 is 2.21 bits per heavy atom. The minimum Gasteiger partial charge on any atom is -0.300 e. The summed E-state index contributed by atoms with van der Waals surface area (Å²) in [5.41, 5.74) is 1.21. The standard InChI is InChI=1S/C12H13ClO/c13-11-5-1-3-9(7-11)10-4-2-6-12(14)8-10/h1,3,5,7,10H,2,4,6,8H2/t10-/m0/s1. The number of hydrogen-bond donors (Lipinski definition) is 0. The summed E-state index contributed by atoms with van der Waals surface area (Å²) in [5, 5.41) is 0.764. The van der Waals surface area contributed by atoms with Crippen LogP contribution in [0.4, 0.5) is 0 Å². The van der Waals surface area contributed by atoms with Crippen LogP contribution in [-0.4, -0.2) is 5.78 Å². The number of carbonyl (C=O) groups excluding carboxylic acids is 1. The number of carbonyl (C=O) groups is 1. The van der Waals surface area contributed by atoms with Crippen molar-refractivity contribution in [2.24, 2.45) is 0 Å². The van der Waals surface area contributed by atoms with E-state index in [4.69, 9.17) is 11.6 Å². The van der Waals surface area contributed by atoms with Crippen molar-refractivity contribution in [3.8, 4) is 0 Å². The van der Waals surface area contributed by atoms with Gasteiger partial charge in [0.15, 0.2) is 0 Å². The third kappa shape index (κ3) is 2.16. The molecule has 0 spiro atoms. The van der Waals surface area contributed by atoms with Crippen LogP contribution in [0.1, 0.15) is 37.2 Å². The van der Waals surface area contributed by atoms with E-state index in [-0.39, 0.29) is 0 Å². The van der Waals surface area contributed by atoms with E-state index >= 15 is 0 Å². The van der Waals surface area contributed by atoms with Crippen LogP contribution in [-0.2, 0) is 4.79 Å². The minimum atomic E-state index is 0.390.